The number of benzene rings is 3. The first-order valence-electron chi connectivity index (χ1n) is 7.51. The molecule has 2 N–H and O–H groups in total. The maximum Gasteiger partial charge on any atom is 0.120 e. The van der Waals surface area contributed by atoms with Crippen molar-refractivity contribution in [1.82, 2.24) is 0 Å². The molecule has 0 aliphatic heterocycles. The van der Waals surface area contributed by atoms with Crippen LogP contribution < -0.4 is 10.1 Å². The van der Waals surface area contributed by atoms with Gasteiger partial charge in [-0.1, -0.05) is 42.5 Å². The van der Waals surface area contributed by atoms with Crippen molar-refractivity contribution in [3.8, 4) is 22.6 Å². The van der Waals surface area contributed by atoms with Crippen LogP contribution in [0.2, 0.25) is 0 Å². The average Bonchev–Trinajstić information content (AvgIpc) is 2.62. The zero-order valence-electron chi connectivity index (χ0n) is 13.0. The molecule has 0 bridgehead atoms. The van der Waals surface area contributed by atoms with Crippen molar-refractivity contribution in [3.63, 3.8) is 0 Å². The van der Waals surface area contributed by atoms with Crippen LogP contribution in [-0.4, -0.2) is 12.2 Å². The molecule has 3 aromatic rings. The topological polar surface area (TPSA) is 41.5 Å². The molecule has 0 unspecified atom stereocenters. The Balaban J connectivity index is 1.68. The third kappa shape index (κ3) is 3.64. The molecule has 3 heteroatoms. The van der Waals surface area contributed by atoms with E-state index in [-0.39, 0.29) is 0 Å². The Labute approximate surface area is 136 Å². The van der Waals surface area contributed by atoms with Gasteiger partial charge in [-0.05, 0) is 41.5 Å². The molecule has 3 aromatic carbocycles. The molecule has 0 aliphatic rings. The fourth-order valence-corrected chi connectivity index (χ4v) is 2.42. The molecule has 0 radical (unpaired) electrons. The number of nitrogens with one attached hydrogen (secondary N) is 1. The molecule has 23 heavy (non-hydrogen) atoms. The minimum atomic E-state index is 0.315. The van der Waals surface area contributed by atoms with Gasteiger partial charge in [-0.2, -0.15) is 0 Å². The second-order valence-electron chi connectivity index (χ2n) is 5.29. The average molecular weight is 305 g/mol. The Morgan fingerprint density at radius 1 is 0.826 bits per heavy atom. The predicted octanol–water partition coefficient (Wildman–Crippen LogP) is 4.68. The number of ether oxygens (including phenoxy) is 1. The van der Waals surface area contributed by atoms with E-state index in [1.54, 1.807) is 13.2 Å². The highest BCUT2D eigenvalue weighted by molar-refractivity contribution is 5.66. The van der Waals surface area contributed by atoms with E-state index in [0.717, 1.165) is 28.1 Å². The van der Waals surface area contributed by atoms with Gasteiger partial charge < -0.3 is 15.2 Å². The number of hydrogen-bond donors (Lipinski definition) is 2. The second-order valence-corrected chi connectivity index (χ2v) is 5.29. The lowest BCUT2D eigenvalue weighted by Crippen LogP contribution is -1.99. The lowest BCUT2D eigenvalue weighted by atomic mass is 10.1. The molecule has 3 nitrogen and oxygen atoms in total. The van der Waals surface area contributed by atoms with E-state index in [0.29, 0.717) is 12.3 Å². The van der Waals surface area contributed by atoms with E-state index < -0.39 is 0 Å². The highest BCUT2D eigenvalue weighted by Gasteiger charge is 2.01. The van der Waals surface area contributed by atoms with Crippen molar-refractivity contribution < 1.29 is 9.84 Å². The Hall–Kier alpha value is -2.94. The minimum absolute atomic E-state index is 0.315. The summed E-state index contributed by atoms with van der Waals surface area (Å²) in [5, 5.41) is 13.1. The molecule has 0 aromatic heterocycles. The summed E-state index contributed by atoms with van der Waals surface area (Å²) < 4.78 is 5.18. The molecule has 0 spiro atoms. The highest BCUT2D eigenvalue weighted by Crippen LogP contribution is 2.24. The Bertz CT molecular complexity index is 764. The number of phenolic OH excluding ortho intramolecular Hbond substituents is 1. The van der Waals surface area contributed by atoms with Crippen LogP contribution in [0.15, 0.2) is 72.8 Å². The van der Waals surface area contributed by atoms with Crippen LogP contribution in [0.3, 0.4) is 0 Å². The summed E-state index contributed by atoms with van der Waals surface area (Å²) in [6.07, 6.45) is 0. The number of phenols is 1. The number of aromatic hydroxyl groups is 1. The maximum atomic E-state index is 9.77. The lowest BCUT2D eigenvalue weighted by molar-refractivity contribution is 0.415. The smallest absolute Gasteiger partial charge is 0.120 e. The molecular weight excluding hydrogens is 286 g/mol. The third-order valence-corrected chi connectivity index (χ3v) is 3.78. The van der Waals surface area contributed by atoms with Crippen molar-refractivity contribution in [1.29, 1.82) is 0 Å². The van der Waals surface area contributed by atoms with Crippen molar-refractivity contribution in [3.05, 3.63) is 78.4 Å². The molecule has 0 saturated carbocycles. The van der Waals surface area contributed by atoms with Gasteiger partial charge in [0.15, 0.2) is 0 Å². The number of para-hydroxylation sites is 1. The van der Waals surface area contributed by atoms with Crippen molar-refractivity contribution in [2.75, 3.05) is 12.4 Å². The van der Waals surface area contributed by atoms with Gasteiger partial charge in [0.05, 0.1) is 7.11 Å². The number of methoxy groups -OCH3 is 1. The van der Waals surface area contributed by atoms with Gasteiger partial charge in [-0.15, -0.1) is 0 Å². The molecule has 116 valence electrons. The minimum Gasteiger partial charge on any atom is -0.508 e. The summed E-state index contributed by atoms with van der Waals surface area (Å²) >= 11 is 0. The fourth-order valence-electron chi connectivity index (χ4n) is 2.42. The molecule has 0 heterocycles. The largest absolute Gasteiger partial charge is 0.508 e. The standard InChI is InChI=1S/C20H19NO2/c1-23-19-12-8-16(9-13-19)15-6-10-18(11-7-15)21-14-17-4-2-3-5-20(17)22/h2-13,21-22H,14H2,1H3. The van der Waals surface area contributed by atoms with Gasteiger partial charge in [-0.3, -0.25) is 0 Å². The molecule has 0 fully saturated rings. The van der Waals surface area contributed by atoms with Gasteiger partial charge in [0.2, 0.25) is 0 Å². The van der Waals surface area contributed by atoms with Crippen molar-refractivity contribution in [2.24, 2.45) is 0 Å². The first kappa shape index (κ1) is 15.0. The van der Waals surface area contributed by atoms with Gasteiger partial charge in [0.25, 0.3) is 0 Å². The number of anilines is 1. The van der Waals surface area contributed by atoms with E-state index in [1.807, 2.05) is 54.6 Å². The maximum absolute atomic E-state index is 9.77. The molecule has 0 saturated heterocycles. The Morgan fingerprint density at radius 2 is 1.43 bits per heavy atom. The third-order valence-electron chi connectivity index (χ3n) is 3.78. The molecular formula is C20H19NO2. The van der Waals surface area contributed by atoms with E-state index in [9.17, 15) is 5.11 Å². The first-order chi connectivity index (χ1) is 11.3. The highest BCUT2D eigenvalue weighted by atomic mass is 16.5. The quantitative estimate of drug-likeness (QED) is 0.719. The first-order valence-corrected chi connectivity index (χ1v) is 7.51. The van der Waals surface area contributed by atoms with Gasteiger partial charge >= 0.3 is 0 Å². The molecule has 0 amide bonds. The zero-order valence-corrected chi connectivity index (χ0v) is 13.0. The molecule has 0 atom stereocenters. The Morgan fingerprint density at radius 3 is 2.04 bits per heavy atom. The normalized spacial score (nSPS) is 10.3. The lowest BCUT2D eigenvalue weighted by Gasteiger charge is -2.09. The van der Waals surface area contributed by atoms with Crippen LogP contribution in [0, 0.1) is 0 Å². The van der Waals surface area contributed by atoms with Crippen molar-refractivity contribution >= 4 is 5.69 Å². The second kappa shape index (κ2) is 6.88. The summed E-state index contributed by atoms with van der Waals surface area (Å²) in [6, 6.07) is 23.6. The van der Waals surface area contributed by atoms with E-state index in [4.69, 9.17) is 4.74 Å². The van der Waals surface area contributed by atoms with Gasteiger partial charge in [0, 0.05) is 17.8 Å². The SMILES string of the molecule is COc1ccc(-c2ccc(NCc3ccccc3O)cc2)cc1. The summed E-state index contributed by atoms with van der Waals surface area (Å²) in [6.45, 7) is 0.592. The number of hydrogen-bond acceptors (Lipinski definition) is 3. The van der Waals surface area contributed by atoms with Gasteiger partial charge in [0.1, 0.15) is 11.5 Å². The molecule has 0 aliphatic carbocycles. The summed E-state index contributed by atoms with van der Waals surface area (Å²) in [4.78, 5) is 0. The van der Waals surface area contributed by atoms with Crippen LogP contribution in [0.5, 0.6) is 11.5 Å². The summed E-state index contributed by atoms with van der Waals surface area (Å²) in [7, 11) is 1.67. The van der Waals surface area contributed by atoms with E-state index >= 15 is 0 Å². The monoisotopic (exact) mass is 305 g/mol. The Kier molecular flexibility index (Phi) is 4.48. The summed E-state index contributed by atoms with van der Waals surface area (Å²) in [5.41, 5.74) is 4.20. The van der Waals surface area contributed by atoms with Gasteiger partial charge in [-0.25, -0.2) is 0 Å². The van der Waals surface area contributed by atoms with Crippen LogP contribution in [0.25, 0.3) is 11.1 Å². The zero-order chi connectivity index (χ0) is 16.1. The fraction of sp³-hybridized carbons (Fsp3) is 0.100. The van der Waals surface area contributed by atoms with Crippen LogP contribution in [0.1, 0.15) is 5.56 Å². The van der Waals surface area contributed by atoms with E-state index in [1.165, 1.54) is 0 Å². The number of rotatable bonds is 5. The predicted molar refractivity (Wildman–Crippen MR) is 93.9 cm³/mol. The van der Waals surface area contributed by atoms with Crippen LogP contribution in [-0.2, 0) is 6.54 Å². The van der Waals surface area contributed by atoms with Crippen LogP contribution >= 0.6 is 0 Å². The van der Waals surface area contributed by atoms with Crippen LogP contribution in [0.4, 0.5) is 5.69 Å². The van der Waals surface area contributed by atoms with E-state index in [2.05, 4.69) is 17.4 Å². The molecule has 3 rings (SSSR count). The summed E-state index contributed by atoms with van der Waals surface area (Å²) in [5.74, 6) is 1.17. The van der Waals surface area contributed by atoms with Crippen molar-refractivity contribution in [2.45, 2.75) is 6.54 Å².